The fourth-order valence-corrected chi connectivity index (χ4v) is 3.30. The highest BCUT2D eigenvalue weighted by atomic mass is 16.2. The van der Waals surface area contributed by atoms with Gasteiger partial charge in [-0.3, -0.25) is 24.1 Å². The number of pyridine rings is 1. The first-order chi connectivity index (χ1) is 14.4. The van der Waals surface area contributed by atoms with Crippen molar-refractivity contribution in [3.05, 3.63) is 98.6 Å². The number of aromatic amines is 1. The van der Waals surface area contributed by atoms with Crippen molar-refractivity contribution in [2.75, 3.05) is 0 Å². The smallest absolute Gasteiger partial charge is 0.328 e. The lowest BCUT2D eigenvalue weighted by atomic mass is 10.0. The molecule has 0 unspecified atom stereocenters. The van der Waals surface area contributed by atoms with Gasteiger partial charge in [-0.15, -0.1) is 0 Å². The Balaban J connectivity index is 1.79. The van der Waals surface area contributed by atoms with Crippen molar-refractivity contribution in [2.45, 2.75) is 45.8 Å². The van der Waals surface area contributed by atoms with E-state index in [0.717, 1.165) is 18.5 Å². The summed E-state index contributed by atoms with van der Waals surface area (Å²) in [6.45, 7) is 3.82. The third-order valence-electron chi connectivity index (χ3n) is 5.10. The predicted octanol–water partition coefficient (Wildman–Crippen LogP) is 2.29. The fraction of sp³-hybridized carbons (Fsp3) is 0.304. The van der Waals surface area contributed by atoms with Gasteiger partial charge in [-0.1, -0.05) is 36.4 Å². The van der Waals surface area contributed by atoms with E-state index in [-0.39, 0.29) is 18.5 Å². The molecule has 2 aromatic heterocycles. The third kappa shape index (κ3) is 5.53. The standard InChI is InChI=1S/C23H26N4O3/c1-17-14-26(23(30)25-22(17)29)16-21(28)27(15-20-10-6-7-13-24-20)18(2)11-12-19-8-4-3-5-9-19/h3-10,13-14,18H,11-12,15-16H2,1-2H3,(H,25,29,30)/t18-/m0/s1. The Morgan fingerprint density at radius 2 is 1.87 bits per heavy atom. The van der Waals surface area contributed by atoms with Crippen molar-refractivity contribution >= 4 is 5.91 Å². The maximum Gasteiger partial charge on any atom is 0.328 e. The molecular formula is C23H26N4O3. The van der Waals surface area contributed by atoms with E-state index in [1.807, 2.05) is 43.3 Å². The molecule has 0 aliphatic heterocycles. The third-order valence-corrected chi connectivity index (χ3v) is 5.10. The van der Waals surface area contributed by atoms with Crippen LogP contribution in [0.2, 0.25) is 0 Å². The second-order valence-corrected chi connectivity index (χ2v) is 7.42. The molecule has 1 amide bonds. The second kappa shape index (κ2) is 9.82. The molecule has 0 bridgehead atoms. The van der Waals surface area contributed by atoms with Crippen molar-refractivity contribution in [1.82, 2.24) is 19.4 Å². The molecule has 0 aliphatic carbocycles. The Bertz CT molecular complexity index is 1090. The van der Waals surface area contributed by atoms with E-state index in [4.69, 9.17) is 0 Å². The minimum absolute atomic E-state index is 0.0562. The molecule has 156 valence electrons. The zero-order valence-corrected chi connectivity index (χ0v) is 17.2. The summed E-state index contributed by atoms with van der Waals surface area (Å²) in [5.41, 5.74) is 1.35. The Morgan fingerprint density at radius 1 is 1.13 bits per heavy atom. The molecule has 0 fully saturated rings. The van der Waals surface area contributed by atoms with E-state index in [0.29, 0.717) is 12.1 Å². The zero-order valence-electron chi connectivity index (χ0n) is 17.2. The SMILES string of the molecule is Cc1cn(CC(=O)N(Cc2ccccn2)[C@@H](C)CCc2ccccc2)c(=O)[nH]c1=O. The molecule has 7 heteroatoms. The van der Waals surface area contributed by atoms with E-state index in [1.165, 1.54) is 16.3 Å². The molecule has 1 aromatic carbocycles. The lowest BCUT2D eigenvalue weighted by Crippen LogP contribution is -2.43. The summed E-state index contributed by atoms with van der Waals surface area (Å²) in [7, 11) is 0. The number of carbonyl (C=O) groups is 1. The van der Waals surface area contributed by atoms with E-state index in [2.05, 4.69) is 22.1 Å². The highest BCUT2D eigenvalue weighted by Crippen LogP contribution is 2.14. The largest absolute Gasteiger partial charge is 0.333 e. The van der Waals surface area contributed by atoms with Crippen LogP contribution in [0, 0.1) is 6.92 Å². The Morgan fingerprint density at radius 3 is 2.57 bits per heavy atom. The van der Waals surface area contributed by atoms with E-state index >= 15 is 0 Å². The van der Waals surface area contributed by atoms with Gasteiger partial charge in [0.1, 0.15) is 6.54 Å². The van der Waals surface area contributed by atoms with Gasteiger partial charge in [-0.2, -0.15) is 0 Å². The van der Waals surface area contributed by atoms with Crippen molar-refractivity contribution in [2.24, 2.45) is 0 Å². The number of aromatic nitrogens is 3. The molecule has 0 aliphatic rings. The van der Waals surface area contributed by atoms with Gasteiger partial charge >= 0.3 is 5.69 Å². The van der Waals surface area contributed by atoms with Gasteiger partial charge in [0.2, 0.25) is 5.91 Å². The van der Waals surface area contributed by atoms with Gasteiger partial charge in [-0.05, 0) is 44.4 Å². The van der Waals surface area contributed by atoms with Crippen LogP contribution in [0.15, 0.2) is 70.5 Å². The molecule has 30 heavy (non-hydrogen) atoms. The van der Waals surface area contributed by atoms with Gasteiger partial charge in [0, 0.05) is 24.0 Å². The molecule has 1 atom stereocenters. The number of amides is 1. The van der Waals surface area contributed by atoms with Gasteiger partial charge in [0.15, 0.2) is 0 Å². The van der Waals surface area contributed by atoms with E-state index in [1.54, 1.807) is 18.0 Å². The summed E-state index contributed by atoms with van der Waals surface area (Å²) in [6, 6.07) is 15.7. The van der Waals surface area contributed by atoms with Crippen LogP contribution in [0.5, 0.6) is 0 Å². The quantitative estimate of drug-likeness (QED) is 0.622. The topological polar surface area (TPSA) is 88.1 Å². The van der Waals surface area contributed by atoms with Crippen LogP contribution in [0.4, 0.5) is 0 Å². The van der Waals surface area contributed by atoms with Gasteiger partial charge in [0.05, 0.1) is 12.2 Å². The maximum absolute atomic E-state index is 13.2. The number of hydrogen-bond donors (Lipinski definition) is 1. The second-order valence-electron chi connectivity index (χ2n) is 7.42. The molecule has 3 aromatic rings. The molecule has 0 saturated heterocycles. The van der Waals surface area contributed by atoms with Crippen LogP contribution < -0.4 is 11.2 Å². The molecule has 0 spiro atoms. The zero-order chi connectivity index (χ0) is 21.5. The van der Waals surface area contributed by atoms with Crippen molar-refractivity contribution < 1.29 is 4.79 Å². The molecule has 7 nitrogen and oxygen atoms in total. The fourth-order valence-electron chi connectivity index (χ4n) is 3.30. The van der Waals surface area contributed by atoms with Gasteiger partial charge in [0.25, 0.3) is 5.56 Å². The summed E-state index contributed by atoms with van der Waals surface area (Å²) >= 11 is 0. The highest BCUT2D eigenvalue weighted by molar-refractivity contribution is 5.76. The Hall–Kier alpha value is -3.48. The normalized spacial score (nSPS) is 11.8. The summed E-state index contributed by atoms with van der Waals surface area (Å²) in [6.07, 6.45) is 4.74. The van der Waals surface area contributed by atoms with Crippen molar-refractivity contribution in [1.29, 1.82) is 0 Å². The highest BCUT2D eigenvalue weighted by Gasteiger charge is 2.22. The van der Waals surface area contributed by atoms with Crippen molar-refractivity contribution in [3.63, 3.8) is 0 Å². The number of rotatable bonds is 8. The summed E-state index contributed by atoms with van der Waals surface area (Å²) in [5, 5.41) is 0. The number of nitrogens with zero attached hydrogens (tertiary/aromatic N) is 3. The summed E-state index contributed by atoms with van der Waals surface area (Å²) in [4.78, 5) is 45.2. The minimum Gasteiger partial charge on any atom is -0.333 e. The summed E-state index contributed by atoms with van der Waals surface area (Å²) in [5.74, 6) is -0.199. The van der Waals surface area contributed by atoms with Crippen LogP contribution in [0.25, 0.3) is 0 Å². The Labute approximate surface area is 175 Å². The lowest BCUT2D eigenvalue weighted by molar-refractivity contribution is -0.134. The lowest BCUT2D eigenvalue weighted by Gasteiger charge is -2.29. The van der Waals surface area contributed by atoms with Gasteiger partial charge < -0.3 is 4.90 Å². The average Bonchev–Trinajstić information content (AvgIpc) is 2.75. The average molecular weight is 406 g/mol. The number of nitrogens with one attached hydrogen (secondary N) is 1. The molecule has 0 saturated carbocycles. The molecule has 2 heterocycles. The van der Waals surface area contributed by atoms with Crippen LogP contribution in [0.1, 0.15) is 30.2 Å². The first-order valence-corrected chi connectivity index (χ1v) is 9.97. The predicted molar refractivity (Wildman–Crippen MR) is 115 cm³/mol. The molecular weight excluding hydrogens is 380 g/mol. The van der Waals surface area contributed by atoms with E-state index in [9.17, 15) is 14.4 Å². The van der Waals surface area contributed by atoms with Crippen LogP contribution in [-0.2, 0) is 24.3 Å². The molecule has 1 N–H and O–H groups in total. The number of benzene rings is 1. The van der Waals surface area contributed by atoms with E-state index < -0.39 is 11.2 Å². The van der Waals surface area contributed by atoms with Crippen LogP contribution in [-0.4, -0.2) is 31.4 Å². The maximum atomic E-state index is 13.2. The first-order valence-electron chi connectivity index (χ1n) is 9.97. The molecule has 3 rings (SSSR count). The number of hydrogen-bond acceptors (Lipinski definition) is 4. The van der Waals surface area contributed by atoms with Crippen LogP contribution >= 0.6 is 0 Å². The first kappa shape index (κ1) is 21.2. The van der Waals surface area contributed by atoms with Gasteiger partial charge in [-0.25, -0.2) is 4.79 Å². The number of carbonyl (C=O) groups excluding carboxylic acids is 1. The Kier molecular flexibility index (Phi) is 6.95. The number of H-pyrrole nitrogens is 1. The molecule has 0 radical (unpaired) electrons. The minimum atomic E-state index is -0.589. The van der Waals surface area contributed by atoms with Crippen LogP contribution in [0.3, 0.4) is 0 Å². The monoisotopic (exact) mass is 406 g/mol. The number of aryl methyl sites for hydroxylation is 2. The summed E-state index contributed by atoms with van der Waals surface area (Å²) < 4.78 is 1.24. The van der Waals surface area contributed by atoms with Crippen molar-refractivity contribution in [3.8, 4) is 0 Å².